The third kappa shape index (κ3) is 4.41. The van der Waals surface area contributed by atoms with E-state index in [1.165, 1.54) is 16.5 Å². The number of para-hydroxylation sites is 1. The van der Waals surface area contributed by atoms with E-state index in [9.17, 15) is 0 Å². The fraction of sp³-hybridized carbons (Fsp3) is 0. The second-order valence-corrected chi connectivity index (χ2v) is 11.3. The standard InChI is InChI=1S/C44H30O/c1-3-34-35(4-2)43(37-20-12-11-19-36(37)42(34)32-25-23-31(24-26-32)29-15-7-5-8-16-29)39-27-33(30-17-9-6-10-18-30)28-41-44(39)38-21-13-14-22-40(38)45-41/h3-28H,1-2H2. The lowest BCUT2D eigenvalue weighted by molar-refractivity contribution is 0.669. The highest BCUT2D eigenvalue weighted by molar-refractivity contribution is 6.20. The molecule has 1 nitrogen and oxygen atoms in total. The van der Waals surface area contributed by atoms with Crippen molar-refractivity contribution in [3.8, 4) is 44.5 Å². The molecule has 7 aromatic carbocycles. The molecule has 0 unspecified atom stereocenters. The number of rotatable bonds is 6. The van der Waals surface area contributed by atoms with Crippen molar-refractivity contribution < 1.29 is 4.42 Å². The Labute approximate surface area is 263 Å². The van der Waals surface area contributed by atoms with Gasteiger partial charge in [0.1, 0.15) is 11.2 Å². The summed E-state index contributed by atoms with van der Waals surface area (Å²) in [6.07, 6.45) is 3.98. The Morgan fingerprint density at radius 1 is 0.400 bits per heavy atom. The van der Waals surface area contributed by atoms with Gasteiger partial charge in [-0.25, -0.2) is 0 Å². The average molecular weight is 575 g/mol. The van der Waals surface area contributed by atoms with Gasteiger partial charge in [0.2, 0.25) is 0 Å². The molecule has 0 atom stereocenters. The summed E-state index contributed by atoms with van der Waals surface area (Å²) in [5, 5.41) is 4.54. The van der Waals surface area contributed by atoms with E-state index in [1.54, 1.807) is 0 Å². The van der Waals surface area contributed by atoms with E-state index in [0.29, 0.717) is 0 Å². The van der Waals surface area contributed by atoms with Crippen LogP contribution in [-0.2, 0) is 0 Å². The smallest absolute Gasteiger partial charge is 0.136 e. The molecule has 1 aromatic heterocycles. The molecule has 0 saturated carbocycles. The molecule has 8 rings (SSSR count). The highest BCUT2D eigenvalue weighted by Gasteiger charge is 2.23. The van der Waals surface area contributed by atoms with Crippen LogP contribution in [0, 0.1) is 0 Å². The average Bonchev–Trinajstić information content (AvgIpc) is 3.50. The van der Waals surface area contributed by atoms with Gasteiger partial charge in [-0.3, -0.25) is 0 Å². The third-order valence-corrected chi connectivity index (χ3v) is 8.84. The lowest BCUT2D eigenvalue weighted by atomic mass is 9.82. The van der Waals surface area contributed by atoms with E-state index in [1.807, 2.05) is 30.4 Å². The Bertz CT molecular complexity index is 2370. The van der Waals surface area contributed by atoms with E-state index in [4.69, 9.17) is 4.42 Å². The van der Waals surface area contributed by atoms with Gasteiger partial charge in [0.15, 0.2) is 0 Å². The van der Waals surface area contributed by atoms with Gasteiger partial charge in [-0.2, -0.15) is 0 Å². The summed E-state index contributed by atoms with van der Waals surface area (Å²) in [6.45, 7) is 8.69. The topological polar surface area (TPSA) is 13.1 Å². The molecule has 212 valence electrons. The minimum atomic E-state index is 0.868. The molecule has 0 radical (unpaired) electrons. The van der Waals surface area contributed by atoms with Gasteiger partial charge in [-0.1, -0.05) is 153 Å². The van der Waals surface area contributed by atoms with Gasteiger partial charge in [0.05, 0.1) is 0 Å². The highest BCUT2D eigenvalue weighted by Crippen LogP contribution is 2.48. The zero-order chi connectivity index (χ0) is 30.3. The van der Waals surface area contributed by atoms with Crippen molar-refractivity contribution in [1.82, 2.24) is 0 Å². The number of benzene rings is 7. The maximum atomic E-state index is 6.51. The van der Waals surface area contributed by atoms with Gasteiger partial charge in [0, 0.05) is 10.8 Å². The molecular formula is C44H30O. The minimum absolute atomic E-state index is 0.868. The van der Waals surface area contributed by atoms with Crippen LogP contribution in [-0.4, -0.2) is 0 Å². The molecule has 0 aliphatic heterocycles. The van der Waals surface area contributed by atoms with E-state index in [2.05, 4.69) is 141 Å². The summed E-state index contributed by atoms with van der Waals surface area (Å²) >= 11 is 0. The molecule has 8 aromatic rings. The molecule has 0 bridgehead atoms. The normalized spacial score (nSPS) is 11.3. The fourth-order valence-corrected chi connectivity index (χ4v) is 6.81. The summed E-state index contributed by atoms with van der Waals surface area (Å²) in [6, 6.07) is 51.4. The molecule has 0 spiro atoms. The highest BCUT2D eigenvalue weighted by atomic mass is 16.3. The van der Waals surface area contributed by atoms with Crippen molar-refractivity contribution in [3.63, 3.8) is 0 Å². The molecule has 0 fully saturated rings. The maximum absolute atomic E-state index is 6.51. The van der Waals surface area contributed by atoms with Crippen LogP contribution in [0.1, 0.15) is 11.1 Å². The Kier molecular flexibility index (Phi) is 6.51. The Morgan fingerprint density at radius 2 is 0.889 bits per heavy atom. The Balaban J connectivity index is 1.46. The van der Waals surface area contributed by atoms with Crippen molar-refractivity contribution in [2.75, 3.05) is 0 Å². The quantitative estimate of drug-likeness (QED) is 0.192. The van der Waals surface area contributed by atoms with E-state index >= 15 is 0 Å². The van der Waals surface area contributed by atoms with Crippen LogP contribution in [0.2, 0.25) is 0 Å². The Hall–Kier alpha value is -5.92. The lowest BCUT2D eigenvalue weighted by Crippen LogP contribution is -1.97. The Morgan fingerprint density at radius 3 is 1.53 bits per heavy atom. The maximum Gasteiger partial charge on any atom is 0.136 e. The molecular weight excluding hydrogens is 544 g/mol. The molecule has 0 aliphatic carbocycles. The number of furan rings is 1. The first kappa shape index (κ1) is 26.7. The second-order valence-electron chi connectivity index (χ2n) is 11.3. The first-order valence-electron chi connectivity index (χ1n) is 15.3. The lowest BCUT2D eigenvalue weighted by Gasteiger charge is -2.21. The monoisotopic (exact) mass is 574 g/mol. The fourth-order valence-electron chi connectivity index (χ4n) is 6.81. The van der Waals surface area contributed by atoms with Crippen molar-refractivity contribution in [1.29, 1.82) is 0 Å². The van der Waals surface area contributed by atoms with Crippen LogP contribution in [0.5, 0.6) is 0 Å². The molecule has 0 aliphatic rings. The van der Waals surface area contributed by atoms with Gasteiger partial charge >= 0.3 is 0 Å². The summed E-state index contributed by atoms with van der Waals surface area (Å²) < 4.78 is 6.51. The first-order valence-corrected chi connectivity index (χ1v) is 15.3. The van der Waals surface area contributed by atoms with Crippen LogP contribution in [0.15, 0.2) is 163 Å². The van der Waals surface area contributed by atoms with Crippen LogP contribution in [0.25, 0.3) is 89.4 Å². The van der Waals surface area contributed by atoms with Gasteiger partial charge in [-0.05, 0) is 84.6 Å². The van der Waals surface area contributed by atoms with Crippen LogP contribution < -0.4 is 0 Å². The zero-order valence-corrected chi connectivity index (χ0v) is 24.8. The number of fused-ring (bicyclic) bond motifs is 4. The zero-order valence-electron chi connectivity index (χ0n) is 24.8. The van der Waals surface area contributed by atoms with Crippen LogP contribution in [0.3, 0.4) is 0 Å². The van der Waals surface area contributed by atoms with Crippen LogP contribution in [0.4, 0.5) is 0 Å². The van der Waals surface area contributed by atoms with Crippen molar-refractivity contribution in [2.45, 2.75) is 0 Å². The summed E-state index contributed by atoms with van der Waals surface area (Å²) in [4.78, 5) is 0. The molecule has 45 heavy (non-hydrogen) atoms. The second kappa shape index (κ2) is 11.0. The van der Waals surface area contributed by atoms with Gasteiger partial charge in [0.25, 0.3) is 0 Å². The van der Waals surface area contributed by atoms with Gasteiger partial charge in [-0.15, -0.1) is 0 Å². The molecule has 1 heteroatoms. The minimum Gasteiger partial charge on any atom is -0.456 e. The van der Waals surface area contributed by atoms with Crippen LogP contribution >= 0.6 is 0 Å². The van der Waals surface area contributed by atoms with E-state index in [-0.39, 0.29) is 0 Å². The van der Waals surface area contributed by atoms with E-state index < -0.39 is 0 Å². The SMILES string of the molecule is C=Cc1c(C=C)c(-c2cc(-c3ccccc3)cc3oc4ccccc4c23)c2ccccc2c1-c1ccc(-c2ccccc2)cc1. The largest absolute Gasteiger partial charge is 0.456 e. The van der Waals surface area contributed by atoms with E-state index in [0.717, 1.165) is 71.8 Å². The number of hydrogen-bond acceptors (Lipinski definition) is 1. The predicted octanol–water partition coefficient (Wildman–Crippen LogP) is 12.7. The predicted molar refractivity (Wildman–Crippen MR) is 193 cm³/mol. The van der Waals surface area contributed by atoms with Crippen molar-refractivity contribution in [3.05, 3.63) is 170 Å². The summed E-state index contributed by atoms with van der Waals surface area (Å²) in [5.41, 5.74) is 13.1. The summed E-state index contributed by atoms with van der Waals surface area (Å²) in [5.74, 6) is 0. The van der Waals surface area contributed by atoms with Crippen molar-refractivity contribution >= 4 is 44.9 Å². The molecule has 1 heterocycles. The first-order chi connectivity index (χ1) is 22.2. The molecule has 0 amide bonds. The number of hydrogen-bond donors (Lipinski definition) is 0. The third-order valence-electron chi connectivity index (χ3n) is 8.84. The summed E-state index contributed by atoms with van der Waals surface area (Å²) in [7, 11) is 0. The van der Waals surface area contributed by atoms with Gasteiger partial charge < -0.3 is 4.42 Å². The molecule has 0 N–H and O–H groups in total. The van der Waals surface area contributed by atoms with Crippen molar-refractivity contribution in [2.24, 2.45) is 0 Å². The molecule has 0 saturated heterocycles.